The minimum Gasteiger partial charge on any atom is -0.494 e. The van der Waals surface area contributed by atoms with Crippen LogP contribution in [0.25, 0.3) is 0 Å². The van der Waals surface area contributed by atoms with Crippen LogP contribution in [0, 0.1) is 0 Å². The Kier molecular flexibility index (Phi) is 4.97. The van der Waals surface area contributed by atoms with Gasteiger partial charge in [-0.15, -0.1) is 0 Å². The molecule has 0 fully saturated rings. The lowest BCUT2D eigenvalue weighted by Crippen LogP contribution is -2.55. The fraction of sp³-hybridized carbons (Fsp3) is 0.462. The zero-order valence-corrected chi connectivity index (χ0v) is 11.0. The SMILES string of the molecule is CCOc1ccc(OCC(C)(NC)C(N)=O)cc1. The molecule has 0 radical (unpaired) electrons. The van der Waals surface area contributed by atoms with Gasteiger partial charge in [-0.05, 0) is 45.2 Å². The Morgan fingerprint density at radius 2 is 1.78 bits per heavy atom. The van der Waals surface area contributed by atoms with Gasteiger partial charge in [0, 0.05) is 0 Å². The summed E-state index contributed by atoms with van der Waals surface area (Å²) in [5, 5.41) is 2.86. The number of hydrogen-bond donors (Lipinski definition) is 2. The Morgan fingerprint density at radius 3 is 2.17 bits per heavy atom. The van der Waals surface area contributed by atoms with Gasteiger partial charge in [-0.2, -0.15) is 0 Å². The highest BCUT2D eigenvalue weighted by molar-refractivity contribution is 5.84. The normalized spacial score (nSPS) is 13.7. The van der Waals surface area contributed by atoms with Gasteiger partial charge in [-0.3, -0.25) is 4.79 Å². The zero-order valence-electron chi connectivity index (χ0n) is 11.0. The summed E-state index contributed by atoms with van der Waals surface area (Å²) in [5.74, 6) is 1.01. The van der Waals surface area contributed by atoms with E-state index in [1.807, 2.05) is 19.1 Å². The molecule has 0 heterocycles. The van der Waals surface area contributed by atoms with Crippen molar-refractivity contribution in [3.05, 3.63) is 24.3 Å². The van der Waals surface area contributed by atoms with Crippen LogP contribution in [-0.4, -0.2) is 31.7 Å². The molecule has 0 aliphatic carbocycles. The van der Waals surface area contributed by atoms with Crippen LogP contribution >= 0.6 is 0 Å². The minimum atomic E-state index is -0.876. The van der Waals surface area contributed by atoms with E-state index in [4.69, 9.17) is 15.2 Å². The number of primary amides is 1. The molecule has 0 saturated carbocycles. The maximum Gasteiger partial charge on any atom is 0.240 e. The molecule has 100 valence electrons. The lowest BCUT2D eigenvalue weighted by atomic mass is 10.0. The van der Waals surface area contributed by atoms with Crippen molar-refractivity contribution < 1.29 is 14.3 Å². The summed E-state index contributed by atoms with van der Waals surface area (Å²) in [6, 6.07) is 7.23. The van der Waals surface area contributed by atoms with Gasteiger partial charge in [0.25, 0.3) is 0 Å². The number of carbonyl (C=O) groups is 1. The minimum absolute atomic E-state index is 0.173. The molecule has 1 atom stereocenters. The van der Waals surface area contributed by atoms with Crippen LogP contribution in [0.1, 0.15) is 13.8 Å². The molecule has 1 aromatic carbocycles. The molecular weight excluding hydrogens is 232 g/mol. The molecule has 5 heteroatoms. The standard InChI is InChI=1S/C13H20N2O3/c1-4-17-10-5-7-11(8-6-10)18-9-13(2,15-3)12(14)16/h5-8,15H,4,9H2,1-3H3,(H2,14,16). The second-order valence-corrected chi connectivity index (χ2v) is 4.14. The molecule has 1 rings (SSSR count). The van der Waals surface area contributed by atoms with E-state index in [-0.39, 0.29) is 6.61 Å². The van der Waals surface area contributed by atoms with Crippen LogP contribution in [0.4, 0.5) is 0 Å². The van der Waals surface area contributed by atoms with E-state index in [0.717, 1.165) is 5.75 Å². The first-order chi connectivity index (χ1) is 8.51. The lowest BCUT2D eigenvalue weighted by Gasteiger charge is -2.25. The monoisotopic (exact) mass is 252 g/mol. The van der Waals surface area contributed by atoms with Gasteiger partial charge in [0.2, 0.25) is 5.91 Å². The Morgan fingerprint density at radius 1 is 1.28 bits per heavy atom. The molecule has 0 bridgehead atoms. The number of amides is 1. The molecule has 0 saturated heterocycles. The molecule has 0 aliphatic rings. The van der Waals surface area contributed by atoms with E-state index in [9.17, 15) is 4.79 Å². The number of carbonyl (C=O) groups excluding carboxylic acids is 1. The number of likely N-dealkylation sites (N-methyl/N-ethyl adjacent to an activating group) is 1. The lowest BCUT2D eigenvalue weighted by molar-refractivity contribution is -0.124. The van der Waals surface area contributed by atoms with Crippen molar-refractivity contribution in [2.24, 2.45) is 5.73 Å². The first-order valence-corrected chi connectivity index (χ1v) is 5.86. The van der Waals surface area contributed by atoms with Gasteiger partial charge >= 0.3 is 0 Å². The molecule has 5 nitrogen and oxygen atoms in total. The molecule has 18 heavy (non-hydrogen) atoms. The largest absolute Gasteiger partial charge is 0.494 e. The summed E-state index contributed by atoms with van der Waals surface area (Å²) in [4.78, 5) is 11.3. The van der Waals surface area contributed by atoms with Crippen LogP contribution in [0.5, 0.6) is 11.5 Å². The topological polar surface area (TPSA) is 73.6 Å². The molecule has 1 unspecified atom stereocenters. The third kappa shape index (κ3) is 3.63. The molecule has 0 aliphatic heterocycles. The number of rotatable bonds is 7. The van der Waals surface area contributed by atoms with Crippen molar-refractivity contribution in [2.45, 2.75) is 19.4 Å². The van der Waals surface area contributed by atoms with E-state index in [0.29, 0.717) is 12.4 Å². The van der Waals surface area contributed by atoms with Gasteiger partial charge in [0.15, 0.2) is 0 Å². The first-order valence-electron chi connectivity index (χ1n) is 5.86. The third-order valence-corrected chi connectivity index (χ3v) is 2.76. The van der Waals surface area contributed by atoms with Crippen LogP contribution < -0.4 is 20.5 Å². The Bertz CT molecular complexity index is 392. The maximum absolute atomic E-state index is 11.3. The van der Waals surface area contributed by atoms with E-state index >= 15 is 0 Å². The summed E-state index contributed by atoms with van der Waals surface area (Å²) >= 11 is 0. The van der Waals surface area contributed by atoms with Crippen LogP contribution in [0.3, 0.4) is 0 Å². The van der Waals surface area contributed by atoms with Gasteiger partial charge in [0.05, 0.1) is 6.61 Å². The van der Waals surface area contributed by atoms with Crippen molar-refractivity contribution in [2.75, 3.05) is 20.3 Å². The van der Waals surface area contributed by atoms with Crippen LogP contribution in [0.2, 0.25) is 0 Å². The molecule has 3 N–H and O–H groups in total. The fourth-order valence-corrected chi connectivity index (χ4v) is 1.29. The molecule has 1 amide bonds. The van der Waals surface area contributed by atoms with Gasteiger partial charge < -0.3 is 20.5 Å². The first kappa shape index (κ1) is 14.3. The van der Waals surface area contributed by atoms with Crippen molar-refractivity contribution >= 4 is 5.91 Å². The van der Waals surface area contributed by atoms with Gasteiger partial charge in [-0.25, -0.2) is 0 Å². The second kappa shape index (κ2) is 6.26. The number of nitrogens with one attached hydrogen (secondary N) is 1. The average Bonchev–Trinajstić information content (AvgIpc) is 2.37. The van der Waals surface area contributed by atoms with E-state index in [1.165, 1.54) is 0 Å². The third-order valence-electron chi connectivity index (χ3n) is 2.76. The number of ether oxygens (including phenoxy) is 2. The summed E-state index contributed by atoms with van der Waals surface area (Å²) in [6.45, 7) is 4.42. The van der Waals surface area contributed by atoms with Crippen molar-refractivity contribution in [3.63, 3.8) is 0 Å². The average molecular weight is 252 g/mol. The van der Waals surface area contributed by atoms with Crippen molar-refractivity contribution in [1.29, 1.82) is 0 Å². The summed E-state index contributed by atoms with van der Waals surface area (Å²) < 4.78 is 10.9. The van der Waals surface area contributed by atoms with E-state index in [1.54, 1.807) is 26.1 Å². The van der Waals surface area contributed by atoms with E-state index in [2.05, 4.69) is 5.32 Å². The summed E-state index contributed by atoms with van der Waals surface area (Å²) in [5.41, 5.74) is 4.43. The number of benzene rings is 1. The number of nitrogens with two attached hydrogens (primary N) is 1. The van der Waals surface area contributed by atoms with Crippen molar-refractivity contribution in [3.8, 4) is 11.5 Å². The van der Waals surface area contributed by atoms with E-state index < -0.39 is 11.4 Å². The summed E-state index contributed by atoms with van der Waals surface area (Å²) in [7, 11) is 1.67. The molecular formula is C13H20N2O3. The Balaban J connectivity index is 2.60. The highest BCUT2D eigenvalue weighted by Gasteiger charge is 2.29. The summed E-state index contributed by atoms with van der Waals surface area (Å²) in [6.07, 6.45) is 0. The Labute approximate surface area is 107 Å². The Hall–Kier alpha value is -1.75. The zero-order chi connectivity index (χ0) is 13.6. The predicted molar refractivity (Wildman–Crippen MR) is 69.8 cm³/mol. The fourth-order valence-electron chi connectivity index (χ4n) is 1.29. The highest BCUT2D eigenvalue weighted by atomic mass is 16.5. The van der Waals surface area contributed by atoms with Crippen LogP contribution in [-0.2, 0) is 4.79 Å². The van der Waals surface area contributed by atoms with Gasteiger partial charge in [-0.1, -0.05) is 0 Å². The van der Waals surface area contributed by atoms with Gasteiger partial charge in [0.1, 0.15) is 23.6 Å². The second-order valence-electron chi connectivity index (χ2n) is 4.14. The number of hydrogen-bond acceptors (Lipinski definition) is 4. The quantitative estimate of drug-likeness (QED) is 0.757. The smallest absolute Gasteiger partial charge is 0.240 e. The maximum atomic E-state index is 11.3. The molecule has 0 aromatic heterocycles. The molecule has 0 spiro atoms. The highest BCUT2D eigenvalue weighted by Crippen LogP contribution is 2.18. The predicted octanol–water partition coefficient (Wildman–Crippen LogP) is 0.927. The van der Waals surface area contributed by atoms with Crippen molar-refractivity contribution in [1.82, 2.24) is 5.32 Å². The molecule has 1 aromatic rings. The van der Waals surface area contributed by atoms with Crippen LogP contribution in [0.15, 0.2) is 24.3 Å².